The third-order valence-corrected chi connectivity index (χ3v) is 6.22. The molecule has 2 aromatic heterocycles. The highest BCUT2D eigenvalue weighted by Crippen LogP contribution is 2.33. The first-order chi connectivity index (χ1) is 15.0. The number of carbonyl (C=O) groups is 1. The van der Waals surface area contributed by atoms with E-state index in [-0.39, 0.29) is 5.65 Å². The van der Waals surface area contributed by atoms with Crippen LogP contribution in [0.1, 0.15) is 24.1 Å². The Kier molecular flexibility index (Phi) is 5.44. The molecule has 0 aliphatic carbocycles. The molecule has 0 saturated heterocycles. The molecule has 1 N–H and O–H groups in total. The molecule has 1 atom stereocenters. The molecule has 1 amide bonds. The second kappa shape index (κ2) is 7.97. The van der Waals surface area contributed by atoms with Gasteiger partial charge in [-0.25, -0.2) is 8.42 Å². The summed E-state index contributed by atoms with van der Waals surface area (Å²) >= 11 is 0. The van der Waals surface area contributed by atoms with E-state index >= 15 is 0 Å². The zero-order chi connectivity index (χ0) is 23.1. The standard InChI is InChI=1S/C19H17F3N4O5S/c1-11(12-2-4-14-15(8-12)31-7-6-30-14)23-17(27)10-32(28,29)18-25-24-16-5-3-13(9-26(16)18)19(20,21)22/h2-5,8-9,11H,6-7,10H2,1H3,(H,23,27)/t11-/m1/s1. The molecule has 3 heterocycles. The Hall–Kier alpha value is -3.35. The summed E-state index contributed by atoms with van der Waals surface area (Å²) < 4.78 is 76.0. The summed E-state index contributed by atoms with van der Waals surface area (Å²) in [5, 5.41) is 8.85. The van der Waals surface area contributed by atoms with Gasteiger partial charge < -0.3 is 14.8 Å². The zero-order valence-corrected chi connectivity index (χ0v) is 17.4. The molecule has 9 nitrogen and oxygen atoms in total. The normalized spacial score (nSPS) is 14.9. The van der Waals surface area contributed by atoms with Crippen molar-refractivity contribution in [2.45, 2.75) is 24.3 Å². The molecule has 0 spiro atoms. The van der Waals surface area contributed by atoms with Crippen LogP contribution in [-0.4, -0.2) is 47.9 Å². The molecule has 3 aromatic rings. The Morgan fingerprint density at radius 2 is 1.88 bits per heavy atom. The maximum atomic E-state index is 13.0. The quantitative estimate of drug-likeness (QED) is 0.608. The molecular weight excluding hydrogens is 453 g/mol. The fourth-order valence-corrected chi connectivity index (χ4v) is 4.35. The first-order valence-corrected chi connectivity index (χ1v) is 11.0. The van der Waals surface area contributed by atoms with Gasteiger partial charge in [0.15, 0.2) is 17.1 Å². The minimum Gasteiger partial charge on any atom is -0.486 e. The van der Waals surface area contributed by atoms with Crippen molar-refractivity contribution in [3.05, 3.63) is 47.7 Å². The van der Waals surface area contributed by atoms with E-state index in [2.05, 4.69) is 15.5 Å². The van der Waals surface area contributed by atoms with E-state index in [0.29, 0.717) is 40.9 Å². The van der Waals surface area contributed by atoms with Crippen LogP contribution in [0.25, 0.3) is 5.65 Å². The number of pyridine rings is 1. The van der Waals surface area contributed by atoms with Crippen LogP contribution in [0.15, 0.2) is 41.7 Å². The SMILES string of the molecule is C[C@@H](NC(=O)CS(=O)(=O)c1nnc2ccc(C(F)(F)F)cn12)c1ccc2c(c1)OCCO2. The van der Waals surface area contributed by atoms with E-state index in [9.17, 15) is 26.4 Å². The largest absolute Gasteiger partial charge is 0.486 e. The molecule has 1 aliphatic rings. The fraction of sp³-hybridized carbons (Fsp3) is 0.316. The van der Waals surface area contributed by atoms with E-state index in [1.54, 1.807) is 25.1 Å². The smallest absolute Gasteiger partial charge is 0.417 e. The molecule has 13 heteroatoms. The Bertz CT molecular complexity index is 1290. The summed E-state index contributed by atoms with van der Waals surface area (Å²) in [6, 6.07) is 6.27. The number of carbonyl (C=O) groups excluding carboxylic acids is 1. The van der Waals surface area contributed by atoms with Crippen LogP contribution < -0.4 is 14.8 Å². The first kappa shape index (κ1) is 21.9. The Labute approximate surface area is 180 Å². The van der Waals surface area contributed by atoms with Gasteiger partial charge in [-0.2, -0.15) is 13.2 Å². The van der Waals surface area contributed by atoms with Crippen LogP contribution in [0.5, 0.6) is 11.5 Å². The summed E-state index contributed by atoms with van der Waals surface area (Å²) in [6.07, 6.45) is -4.10. The lowest BCUT2D eigenvalue weighted by molar-refractivity contribution is -0.137. The number of nitrogens with zero attached hydrogens (tertiary/aromatic N) is 3. The highest BCUT2D eigenvalue weighted by molar-refractivity contribution is 7.91. The second-order valence-corrected chi connectivity index (χ2v) is 8.96. The summed E-state index contributed by atoms with van der Waals surface area (Å²) in [5.41, 5.74) is -0.512. The highest BCUT2D eigenvalue weighted by atomic mass is 32.2. The molecule has 1 aromatic carbocycles. The van der Waals surface area contributed by atoms with Gasteiger partial charge in [0.25, 0.3) is 5.16 Å². The van der Waals surface area contributed by atoms with E-state index in [1.165, 1.54) is 0 Å². The number of sulfone groups is 1. The number of ether oxygens (including phenoxy) is 2. The predicted octanol–water partition coefficient (Wildman–Crippen LogP) is 2.17. The summed E-state index contributed by atoms with van der Waals surface area (Å²) in [6.45, 7) is 2.47. The van der Waals surface area contributed by atoms with Crippen molar-refractivity contribution in [1.29, 1.82) is 0 Å². The van der Waals surface area contributed by atoms with Gasteiger partial charge in [-0.3, -0.25) is 9.20 Å². The molecular formula is C19H17F3N4O5S. The number of aromatic nitrogens is 3. The average Bonchev–Trinajstić information content (AvgIpc) is 3.16. The van der Waals surface area contributed by atoms with Crippen molar-refractivity contribution >= 4 is 21.4 Å². The molecule has 0 radical (unpaired) electrons. The monoisotopic (exact) mass is 470 g/mol. The van der Waals surface area contributed by atoms with Gasteiger partial charge in [-0.15, -0.1) is 10.2 Å². The molecule has 4 rings (SSSR count). The number of hydrogen-bond acceptors (Lipinski definition) is 7. The van der Waals surface area contributed by atoms with E-state index in [0.717, 1.165) is 12.1 Å². The number of amides is 1. The third-order valence-electron chi connectivity index (χ3n) is 4.74. The second-order valence-electron chi connectivity index (χ2n) is 7.08. The molecule has 1 aliphatic heterocycles. The third kappa shape index (κ3) is 4.33. The van der Waals surface area contributed by atoms with Crippen molar-refractivity contribution in [3.63, 3.8) is 0 Å². The molecule has 0 unspecified atom stereocenters. The van der Waals surface area contributed by atoms with E-state index in [4.69, 9.17) is 9.47 Å². The number of nitrogens with one attached hydrogen (secondary N) is 1. The molecule has 0 saturated carbocycles. The van der Waals surface area contributed by atoms with Crippen molar-refractivity contribution in [3.8, 4) is 11.5 Å². The number of hydrogen-bond donors (Lipinski definition) is 1. The molecule has 32 heavy (non-hydrogen) atoms. The van der Waals surface area contributed by atoms with Gasteiger partial charge in [0.2, 0.25) is 15.7 Å². The Morgan fingerprint density at radius 3 is 2.59 bits per heavy atom. The van der Waals surface area contributed by atoms with E-state index in [1.807, 2.05) is 0 Å². The van der Waals surface area contributed by atoms with Gasteiger partial charge >= 0.3 is 6.18 Å². The van der Waals surface area contributed by atoms with Gasteiger partial charge in [-0.05, 0) is 36.8 Å². The van der Waals surface area contributed by atoms with Crippen molar-refractivity contribution in [1.82, 2.24) is 19.9 Å². The fourth-order valence-electron chi connectivity index (χ4n) is 3.18. The van der Waals surface area contributed by atoms with Crippen LogP contribution in [0, 0.1) is 0 Å². The Morgan fingerprint density at radius 1 is 1.16 bits per heavy atom. The maximum absolute atomic E-state index is 13.0. The predicted molar refractivity (Wildman–Crippen MR) is 104 cm³/mol. The van der Waals surface area contributed by atoms with Crippen molar-refractivity contribution in [2.24, 2.45) is 0 Å². The van der Waals surface area contributed by atoms with Crippen LogP contribution in [-0.2, 0) is 20.8 Å². The zero-order valence-electron chi connectivity index (χ0n) is 16.6. The lowest BCUT2D eigenvalue weighted by Gasteiger charge is -2.21. The van der Waals surface area contributed by atoms with Gasteiger partial charge in [0.1, 0.15) is 19.0 Å². The molecule has 170 valence electrons. The van der Waals surface area contributed by atoms with Crippen LogP contribution in [0.4, 0.5) is 13.2 Å². The lowest BCUT2D eigenvalue weighted by Crippen LogP contribution is -2.33. The molecule has 0 fully saturated rings. The number of benzene rings is 1. The summed E-state index contributed by atoms with van der Waals surface area (Å²) in [7, 11) is -4.38. The minimum absolute atomic E-state index is 0.0957. The number of fused-ring (bicyclic) bond motifs is 2. The van der Waals surface area contributed by atoms with Crippen LogP contribution in [0.2, 0.25) is 0 Å². The van der Waals surface area contributed by atoms with Gasteiger partial charge in [-0.1, -0.05) is 6.07 Å². The van der Waals surface area contributed by atoms with Crippen LogP contribution in [0.3, 0.4) is 0 Å². The maximum Gasteiger partial charge on any atom is 0.417 e. The van der Waals surface area contributed by atoms with Gasteiger partial charge in [0, 0.05) is 6.20 Å². The van der Waals surface area contributed by atoms with Crippen molar-refractivity contribution < 1.29 is 35.9 Å². The van der Waals surface area contributed by atoms with Crippen molar-refractivity contribution in [2.75, 3.05) is 19.0 Å². The van der Waals surface area contributed by atoms with Gasteiger partial charge in [0.05, 0.1) is 11.6 Å². The number of rotatable bonds is 5. The first-order valence-electron chi connectivity index (χ1n) is 9.38. The Balaban J connectivity index is 1.51. The van der Waals surface area contributed by atoms with E-state index < -0.39 is 44.4 Å². The van der Waals surface area contributed by atoms with Crippen LogP contribution >= 0.6 is 0 Å². The number of halogens is 3. The summed E-state index contributed by atoms with van der Waals surface area (Å²) in [5.74, 6) is -0.786. The average molecular weight is 470 g/mol. The highest BCUT2D eigenvalue weighted by Gasteiger charge is 2.33. The molecule has 0 bridgehead atoms. The number of alkyl halides is 3. The minimum atomic E-state index is -4.68. The topological polar surface area (TPSA) is 112 Å². The summed E-state index contributed by atoms with van der Waals surface area (Å²) in [4.78, 5) is 12.4. The lowest BCUT2D eigenvalue weighted by atomic mass is 10.1.